The van der Waals surface area contributed by atoms with Crippen molar-refractivity contribution in [3.63, 3.8) is 0 Å². The Morgan fingerprint density at radius 1 is 1.23 bits per heavy atom. The van der Waals surface area contributed by atoms with E-state index in [0.717, 1.165) is 25.7 Å². The van der Waals surface area contributed by atoms with Crippen LogP contribution in [0, 0.1) is 0 Å². The molecule has 0 bridgehead atoms. The number of carboxylic acid groups (broad SMARTS) is 1. The molecule has 0 saturated heterocycles. The quantitative estimate of drug-likeness (QED) is 0.348. The van der Waals surface area contributed by atoms with Gasteiger partial charge in [-0.3, -0.25) is 0 Å². The molecule has 0 spiro atoms. The highest BCUT2D eigenvalue weighted by atomic mass is 16.4. The highest BCUT2D eigenvalue weighted by Crippen LogP contribution is 2.07. The van der Waals surface area contributed by atoms with Crippen LogP contribution in [0.25, 0.3) is 0 Å². The fraction of sp³-hybridized carbons (Fsp3) is 0.667. The Bertz CT molecular complexity index is 207. The van der Waals surface area contributed by atoms with Gasteiger partial charge in [-0.2, -0.15) is 0 Å². The maximum Gasteiger partial charge on any atom is 0.342 e. The minimum Gasteiger partial charge on any atom is -0.477 e. The third kappa shape index (κ3) is 6.08. The number of aliphatic carboxylic acids is 1. The molecule has 0 unspecified atom stereocenters. The SMILES string of the molecule is NCCCCCCC(=C=O)C(=O)O. The summed E-state index contributed by atoms with van der Waals surface area (Å²) in [6, 6.07) is 0. The van der Waals surface area contributed by atoms with E-state index in [-0.39, 0.29) is 5.57 Å². The minimum absolute atomic E-state index is 0.159. The number of nitrogens with two attached hydrogens (primary N) is 1. The summed E-state index contributed by atoms with van der Waals surface area (Å²) >= 11 is 0. The lowest BCUT2D eigenvalue weighted by Gasteiger charge is -1.98. The first-order valence-electron chi connectivity index (χ1n) is 4.39. The summed E-state index contributed by atoms with van der Waals surface area (Å²) < 4.78 is 0. The molecule has 0 saturated carbocycles. The Balaban J connectivity index is 3.52. The summed E-state index contributed by atoms with van der Waals surface area (Å²) in [6.45, 7) is 0.662. The monoisotopic (exact) mass is 185 g/mol. The maximum atomic E-state index is 10.3. The summed E-state index contributed by atoms with van der Waals surface area (Å²) in [6.07, 6.45) is 3.88. The van der Waals surface area contributed by atoms with E-state index in [1.807, 2.05) is 0 Å². The average Bonchev–Trinajstić information content (AvgIpc) is 2.10. The fourth-order valence-electron chi connectivity index (χ4n) is 1.00. The van der Waals surface area contributed by atoms with Crippen molar-refractivity contribution in [1.29, 1.82) is 0 Å². The Morgan fingerprint density at radius 2 is 1.85 bits per heavy atom. The molecule has 74 valence electrons. The van der Waals surface area contributed by atoms with Gasteiger partial charge in [-0.25, -0.2) is 9.59 Å². The number of hydrogen-bond donors (Lipinski definition) is 2. The Morgan fingerprint density at radius 3 is 2.31 bits per heavy atom. The molecule has 3 N–H and O–H groups in total. The highest BCUT2D eigenvalue weighted by molar-refractivity contribution is 5.95. The van der Waals surface area contributed by atoms with Crippen molar-refractivity contribution >= 4 is 11.9 Å². The molecule has 0 aliphatic rings. The first-order valence-corrected chi connectivity index (χ1v) is 4.39. The molecule has 0 aromatic heterocycles. The smallest absolute Gasteiger partial charge is 0.342 e. The maximum absolute atomic E-state index is 10.3. The van der Waals surface area contributed by atoms with Gasteiger partial charge in [0.1, 0.15) is 11.5 Å². The number of unbranched alkanes of at least 4 members (excludes halogenated alkanes) is 3. The van der Waals surface area contributed by atoms with E-state index < -0.39 is 5.97 Å². The van der Waals surface area contributed by atoms with Crippen LogP contribution in [0.2, 0.25) is 0 Å². The molecule has 0 aliphatic heterocycles. The number of carbonyl (C=O) groups excluding carboxylic acids is 1. The molecule has 0 fully saturated rings. The van der Waals surface area contributed by atoms with E-state index >= 15 is 0 Å². The molecule has 0 aromatic carbocycles. The molecule has 0 atom stereocenters. The fourth-order valence-corrected chi connectivity index (χ4v) is 1.00. The van der Waals surface area contributed by atoms with Crippen LogP contribution in [-0.2, 0) is 9.59 Å². The van der Waals surface area contributed by atoms with Crippen LogP contribution >= 0.6 is 0 Å². The molecule has 0 aliphatic carbocycles. The number of rotatable bonds is 7. The second-order valence-corrected chi connectivity index (χ2v) is 2.84. The van der Waals surface area contributed by atoms with Crippen molar-refractivity contribution in [1.82, 2.24) is 0 Å². The van der Waals surface area contributed by atoms with Crippen molar-refractivity contribution < 1.29 is 14.7 Å². The molecular formula is C9H15NO3. The van der Waals surface area contributed by atoms with Crippen LogP contribution < -0.4 is 5.73 Å². The Labute approximate surface area is 77.4 Å². The van der Waals surface area contributed by atoms with Gasteiger partial charge in [-0.05, 0) is 25.8 Å². The normalized spacial score (nSPS) is 9.31. The molecular weight excluding hydrogens is 170 g/mol. The summed E-state index contributed by atoms with van der Waals surface area (Å²) in [5, 5.41) is 8.46. The number of carbonyl (C=O) groups is 1. The summed E-state index contributed by atoms with van der Waals surface area (Å²) in [5.41, 5.74) is 5.12. The molecule has 4 nitrogen and oxygen atoms in total. The van der Waals surface area contributed by atoms with E-state index in [9.17, 15) is 9.59 Å². The van der Waals surface area contributed by atoms with E-state index in [1.165, 1.54) is 5.94 Å². The third-order valence-electron chi connectivity index (χ3n) is 1.76. The van der Waals surface area contributed by atoms with Gasteiger partial charge in [-0.15, -0.1) is 0 Å². The van der Waals surface area contributed by atoms with Gasteiger partial charge >= 0.3 is 5.97 Å². The predicted octanol–water partition coefficient (Wildman–Crippen LogP) is 0.738. The highest BCUT2D eigenvalue weighted by Gasteiger charge is 2.06. The lowest BCUT2D eigenvalue weighted by atomic mass is 10.1. The Hall–Kier alpha value is -1.12. The van der Waals surface area contributed by atoms with Crippen LogP contribution in [0.4, 0.5) is 0 Å². The first kappa shape index (κ1) is 11.9. The largest absolute Gasteiger partial charge is 0.477 e. The van der Waals surface area contributed by atoms with Crippen LogP contribution in [-0.4, -0.2) is 23.6 Å². The zero-order chi connectivity index (χ0) is 10.1. The average molecular weight is 185 g/mol. The van der Waals surface area contributed by atoms with E-state index in [1.54, 1.807) is 0 Å². The number of carboxylic acids is 1. The van der Waals surface area contributed by atoms with Crippen LogP contribution in [0.3, 0.4) is 0 Å². The summed E-state index contributed by atoms with van der Waals surface area (Å²) in [5.74, 6) is 0.276. The van der Waals surface area contributed by atoms with Crippen LogP contribution in [0.15, 0.2) is 5.57 Å². The summed E-state index contributed by atoms with van der Waals surface area (Å²) in [7, 11) is 0. The molecule has 4 heteroatoms. The van der Waals surface area contributed by atoms with E-state index in [0.29, 0.717) is 13.0 Å². The molecule has 0 heterocycles. The minimum atomic E-state index is -1.16. The van der Waals surface area contributed by atoms with Crippen molar-refractivity contribution in [3.05, 3.63) is 5.57 Å². The van der Waals surface area contributed by atoms with Gasteiger partial charge < -0.3 is 10.8 Å². The topological polar surface area (TPSA) is 80.4 Å². The van der Waals surface area contributed by atoms with Gasteiger partial charge in [0.05, 0.1) is 0 Å². The zero-order valence-corrected chi connectivity index (χ0v) is 7.58. The van der Waals surface area contributed by atoms with Gasteiger partial charge in [0.15, 0.2) is 0 Å². The second-order valence-electron chi connectivity index (χ2n) is 2.84. The van der Waals surface area contributed by atoms with Gasteiger partial charge in [0.2, 0.25) is 0 Å². The number of hydrogen-bond acceptors (Lipinski definition) is 3. The zero-order valence-electron chi connectivity index (χ0n) is 7.58. The summed E-state index contributed by atoms with van der Waals surface area (Å²) in [4.78, 5) is 20.4. The third-order valence-corrected chi connectivity index (χ3v) is 1.76. The van der Waals surface area contributed by atoms with E-state index in [4.69, 9.17) is 10.8 Å². The Kier molecular flexibility index (Phi) is 6.88. The molecule has 0 radical (unpaired) electrons. The van der Waals surface area contributed by atoms with Crippen molar-refractivity contribution in [2.24, 2.45) is 5.73 Å². The van der Waals surface area contributed by atoms with Gasteiger partial charge in [0, 0.05) is 0 Å². The van der Waals surface area contributed by atoms with Gasteiger partial charge in [0.25, 0.3) is 0 Å². The lowest BCUT2D eigenvalue weighted by Crippen LogP contribution is -2.01. The second kappa shape index (κ2) is 7.53. The van der Waals surface area contributed by atoms with E-state index in [2.05, 4.69) is 0 Å². The molecule has 13 heavy (non-hydrogen) atoms. The van der Waals surface area contributed by atoms with Crippen molar-refractivity contribution in [2.45, 2.75) is 32.1 Å². The van der Waals surface area contributed by atoms with Crippen LogP contribution in [0.5, 0.6) is 0 Å². The molecule has 0 amide bonds. The van der Waals surface area contributed by atoms with Gasteiger partial charge in [-0.1, -0.05) is 12.8 Å². The molecule has 0 rings (SSSR count). The van der Waals surface area contributed by atoms with Crippen molar-refractivity contribution in [3.8, 4) is 0 Å². The predicted molar refractivity (Wildman–Crippen MR) is 49.0 cm³/mol. The lowest BCUT2D eigenvalue weighted by molar-refractivity contribution is -0.132. The first-order chi connectivity index (χ1) is 6.22. The molecule has 0 aromatic rings. The van der Waals surface area contributed by atoms with Crippen LogP contribution in [0.1, 0.15) is 32.1 Å². The van der Waals surface area contributed by atoms with Crippen molar-refractivity contribution in [2.75, 3.05) is 6.54 Å². The standard InChI is InChI=1S/C9H15NO3/c10-6-4-2-1-3-5-8(7-11)9(12)13/h1-6,10H2,(H,12,13).